The molecule has 0 aliphatic heterocycles. The van der Waals surface area contributed by atoms with Crippen molar-refractivity contribution in [2.75, 3.05) is 0 Å². The third kappa shape index (κ3) is 3.62. The van der Waals surface area contributed by atoms with Crippen LogP contribution in [0.1, 0.15) is 26.3 Å². The maximum absolute atomic E-state index is 6.10. The second-order valence-corrected chi connectivity index (χ2v) is 6.66. The molecule has 0 bridgehead atoms. The SMILES string of the molecule is CC(C)(C)c1ccc(Oc2c[c]ccc2-c2ccccc2)cc1. The molecule has 1 heteroatoms. The molecule has 0 aromatic heterocycles. The van der Waals surface area contributed by atoms with Gasteiger partial charge in [0.2, 0.25) is 0 Å². The molecule has 0 heterocycles. The van der Waals surface area contributed by atoms with E-state index in [9.17, 15) is 0 Å². The average Bonchev–Trinajstić information content (AvgIpc) is 2.56. The summed E-state index contributed by atoms with van der Waals surface area (Å²) in [5.74, 6) is 1.66. The van der Waals surface area contributed by atoms with Crippen LogP contribution in [-0.2, 0) is 5.41 Å². The molecule has 0 saturated heterocycles. The Morgan fingerprint density at radius 2 is 1.52 bits per heavy atom. The maximum atomic E-state index is 6.10. The summed E-state index contributed by atoms with van der Waals surface area (Å²) >= 11 is 0. The smallest absolute Gasteiger partial charge is 0.135 e. The lowest BCUT2D eigenvalue weighted by molar-refractivity contribution is 0.483. The molecular formula is C22H21O. The van der Waals surface area contributed by atoms with E-state index in [2.05, 4.69) is 51.1 Å². The highest BCUT2D eigenvalue weighted by Gasteiger charge is 2.13. The second kappa shape index (κ2) is 6.29. The Hall–Kier alpha value is -2.54. The molecule has 3 rings (SSSR count). The van der Waals surface area contributed by atoms with Gasteiger partial charge in [-0.1, -0.05) is 75.4 Å². The first-order valence-electron chi connectivity index (χ1n) is 7.88. The summed E-state index contributed by atoms with van der Waals surface area (Å²) in [6.45, 7) is 6.63. The van der Waals surface area contributed by atoms with Gasteiger partial charge in [-0.3, -0.25) is 0 Å². The van der Waals surface area contributed by atoms with Gasteiger partial charge < -0.3 is 4.74 Å². The van der Waals surface area contributed by atoms with Crippen molar-refractivity contribution in [3.63, 3.8) is 0 Å². The highest BCUT2D eigenvalue weighted by atomic mass is 16.5. The molecule has 1 nitrogen and oxygen atoms in total. The molecule has 23 heavy (non-hydrogen) atoms. The minimum Gasteiger partial charge on any atom is -0.457 e. The van der Waals surface area contributed by atoms with Crippen molar-refractivity contribution in [2.24, 2.45) is 0 Å². The standard InChI is InChI=1S/C22H21O/c1-22(2,3)18-13-15-19(16-14-18)23-21-12-8-7-11-20(21)17-9-5-4-6-10-17/h4-7,9-16H,1-3H3. The molecular weight excluding hydrogens is 280 g/mol. The zero-order valence-electron chi connectivity index (χ0n) is 13.8. The predicted molar refractivity (Wildman–Crippen MR) is 95.9 cm³/mol. The fourth-order valence-electron chi connectivity index (χ4n) is 2.51. The third-order valence-corrected chi connectivity index (χ3v) is 3.86. The number of ether oxygens (including phenoxy) is 1. The number of hydrogen-bond donors (Lipinski definition) is 0. The van der Waals surface area contributed by atoms with Crippen molar-refractivity contribution in [2.45, 2.75) is 26.2 Å². The molecule has 3 aromatic rings. The molecule has 0 saturated carbocycles. The highest BCUT2D eigenvalue weighted by molar-refractivity contribution is 5.70. The molecule has 0 atom stereocenters. The number of benzene rings is 3. The summed E-state index contributed by atoms with van der Waals surface area (Å²) < 4.78 is 6.10. The van der Waals surface area contributed by atoms with Gasteiger partial charge >= 0.3 is 0 Å². The fraction of sp³-hybridized carbons (Fsp3) is 0.182. The number of rotatable bonds is 3. The van der Waals surface area contributed by atoms with Crippen LogP contribution in [0.15, 0.2) is 72.8 Å². The first kappa shape index (κ1) is 15.4. The van der Waals surface area contributed by atoms with Crippen molar-refractivity contribution in [1.82, 2.24) is 0 Å². The van der Waals surface area contributed by atoms with Crippen LogP contribution in [-0.4, -0.2) is 0 Å². The zero-order chi connectivity index (χ0) is 16.3. The van der Waals surface area contributed by atoms with Gasteiger partial charge in [-0.2, -0.15) is 0 Å². The van der Waals surface area contributed by atoms with Crippen LogP contribution in [0.2, 0.25) is 0 Å². The molecule has 0 spiro atoms. The lowest BCUT2D eigenvalue weighted by atomic mass is 9.87. The first-order valence-corrected chi connectivity index (χ1v) is 7.88. The molecule has 115 valence electrons. The molecule has 0 aliphatic carbocycles. The van der Waals surface area contributed by atoms with E-state index in [0.29, 0.717) is 0 Å². The molecule has 0 amide bonds. The van der Waals surface area contributed by atoms with E-state index in [-0.39, 0.29) is 5.41 Å². The molecule has 3 aromatic carbocycles. The Balaban J connectivity index is 1.89. The number of hydrogen-bond acceptors (Lipinski definition) is 1. The van der Waals surface area contributed by atoms with Gasteiger partial charge in [0.15, 0.2) is 0 Å². The zero-order valence-corrected chi connectivity index (χ0v) is 13.8. The lowest BCUT2D eigenvalue weighted by Gasteiger charge is -2.19. The van der Waals surface area contributed by atoms with Gasteiger partial charge in [0, 0.05) is 5.56 Å². The summed E-state index contributed by atoms with van der Waals surface area (Å²) in [5.41, 5.74) is 3.66. The summed E-state index contributed by atoms with van der Waals surface area (Å²) in [6.07, 6.45) is 0. The van der Waals surface area contributed by atoms with E-state index in [1.807, 2.05) is 48.5 Å². The van der Waals surface area contributed by atoms with Gasteiger partial charge in [-0.25, -0.2) is 0 Å². The van der Waals surface area contributed by atoms with Gasteiger partial charge in [-0.15, -0.1) is 0 Å². The Labute approximate surface area is 138 Å². The molecule has 0 fully saturated rings. The van der Waals surface area contributed by atoms with E-state index in [0.717, 1.165) is 22.6 Å². The van der Waals surface area contributed by atoms with Crippen LogP contribution in [0.25, 0.3) is 11.1 Å². The first-order chi connectivity index (χ1) is 11.0. The highest BCUT2D eigenvalue weighted by Crippen LogP contribution is 2.33. The van der Waals surface area contributed by atoms with Crippen molar-refractivity contribution in [3.8, 4) is 22.6 Å². The Morgan fingerprint density at radius 3 is 2.17 bits per heavy atom. The van der Waals surface area contributed by atoms with Crippen LogP contribution in [0, 0.1) is 6.07 Å². The van der Waals surface area contributed by atoms with E-state index >= 15 is 0 Å². The summed E-state index contributed by atoms with van der Waals surface area (Å²) in [4.78, 5) is 0. The summed E-state index contributed by atoms with van der Waals surface area (Å²) in [6, 6.07) is 27.5. The van der Waals surface area contributed by atoms with E-state index in [4.69, 9.17) is 4.74 Å². The summed E-state index contributed by atoms with van der Waals surface area (Å²) in [5, 5.41) is 0. The lowest BCUT2D eigenvalue weighted by Crippen LogP contribution is -2.10. The van der Waals surface area contributed by atoms with Gasteiger partial charge in [0.05, 0.1) is 0 Å². The Bertz CT molecular complexity index is 765. The van der Waals surface area contributed by atoms with Crippen molar-refractivity contribution in [1.29, 1.82) is 0 Å². The predicted octanol–water partition coefficient (Wildman–Crippen LogP) is 6.24. The van der Waals surface area contributed by atoms with Crippen LogP contribution in [0.5, 0.6) is 11.5 Å². The average molecular weight is 301 g/mol. The maximum Gasteiger partial charge on any atom is 0.135 e. The van der Waals surface area contributed by atoms with Gasteiger partial charge in [0.25, 0.3) is 0 Å². The van der Waals surface area contributed by atoms with E-state index in [1.54, 1.807) is 0 Å². The van der Waals surface area contributed by atoms with Crippen LogP contribution >= 0.6 is 0 Å². The Morgan fingerprint density at radius 1 is 0.826 bits per heavy atom. The topological polar surface area (TPSA) is 9.23 Å². The minimum absolute atomic E-state index is 0.147. The second-order valence-electron chi connectivity index (χ2n) is 6.66. The van der Waals surface area contributed by atoms with Crippen molar-refractivity contribution in [3.05, 3.63) is 84.4 Å². The molecule has 0 unspecified atom stereocenters. The van der Waals surface area contributed by atoms with Crippen molar-refractivity contribution < 1.29 is 4.74 Å². The van der Waals surface area contributed by atoms with Crippen molar-refractivity contribution >= 4 is 0 Å². The quantitative estimate of drug-likeness (QED) is 0.556. The molecule has 1 radical (unpaired) electrons. The third-order valence-electron chi connectivity index (χ3n) is 3.86. The Kier molecular flexibility index (Phi) is 4.20. The van der Waals surface area contributed by atoms with E-state index in [1.165, 1.54) is 5.56 Å². The monoisotopic (exact) mass is 301 g/mol. The van der Waals surface area contributed by atoms with Crippen LogP contribution in [0.4, 0.5) is 0 Å². The van der Waals surface area contributed by atoms with E-state index < -0.39 is 0 Å². The van der Waals surface area contributed by atoms with Crippen LogP contribution < -0.4 is 4.74 Å². The largest absolute Gasteiger partial charge is 0.457 e. The van der Waals surface area contributed by atoms with Gasteiger partial charge in [-0.05, 0) is 40.8 Å². The fourth-order valence-corrected chi connectivity index (χ4v) is 2.51. The van der Waals surface area contributed by atoms with Crippen LogP contribution in [0.3, 0.4) is 0 Å². The molecule has 0 N–H and O–H groups in total. The summed E-state index contributed by atoms with van der Waals surface area (Å²) in [7, 11) is 0. The normalized spacial score (nSPS) is 11.3. The molecule has 0 aliphatic rings. The van der Waals surface area contributed by atoms with Gasteiger partial charge in [0.1, 0.15) is 11.5 Å². The minimum atomic E-state index is 0.147.